The summed E-state index contributed by atoms with van der Waals surface area (Å²) in [5, 5.41) is 3.15. The number of furan rings is 1. The van der Waals surface area contributed by atoms with Gasteiger partial charge in [0.1, 0.15) is 5.58 Å². The molecular formula is C38H33IrN3O-2. The van der Waals surface area contributed by atoms with Gasteiger partial charge in [0, 0.05) is 71.5 Å². The average molecular weight is 748 g/mol. The van der Waals surface area contributed by atoms with Crippen LogP contribution in [0.15, 0.2) is 102 Å². The van der Waals surface area contributed by atoms with Crippen molar-refractivity contribution in [3.63, 3.8) is 0 Å². The van der Waals surface area contributed by atoms with E-state index in [1.807, 2.05) is 57.2 Å². The molecule has 4 nitrogen and oxygen atoms in total. The van der Waals surface area contributed by atoms with Crippen molar-refractivity contribution in [3.05, 3.63) is 126 Å². The van der Waals surface area contributed by atoms with Gasteiger partial charge >= 0.3 is 0 Å². The van der Waals surface area contributed by atoms with Crippen molar-refractivity contribution < 1.29 is 35.5 Å². The Morgan fingerprint density at radius 3 is 2.42 bits per heavy atom. The van der Waals surface area contributed by atoms with E-state index in [1.165, 1.54) is 6.20 Å². The maximum atomic E-state index is 8.64. The van der Waals surface area contributed by atoms with Gasteiger partial charge in [-0.1, -0.05) is 67.6 Å². The van der Waals surface area contributed by atoms with Crippen molar-refractivity contribution in [2.45, 2.75) is 40.8 Å². The van der Waals surface area contributed by atoms with Gasteiger partial charge < -0.3 is 14.4 Å². The smallest absolute Gasteiger partial charge is 0.128 e. The minimum Gasteiger partial charge on any atom is -0.500 e. The third kappa shape index (κ3) is 6.74. The van der Waals surface area contributed by atoms with E-state index in [2.05, 4.69) is 27.1 Å². The summed E-state index contributed by atoms with van der Waals surface area (Å²) in [5.74, 6) is 0. The van der Waals surface area contributed by atoms with E-state index >= 15 is 0 Å². The molecule has 0 aliphatic carbocycles. The SMILES string of the molecule is [2H]C([2H])([2H])c1cc2c(ccc3c4cc[c-]c(-c5cc(C([2H])([2H])C(C)(C)C)ccn5)c4oc23)cn1.[2H]C([2H])([2H])c1ccc(-c2[c-]cccc2)nc1.[Ir]. The summed E-state index contributed by atoms with van der Waals surface area (Å²) in [6, 6.07) is 29.5. The number of rotatable bonds is 3. The van der Waals surface area contributed by atoms with E-state index in [1.54, 1.807) is 54.9 Å². The summed E-state index contributed by atoms with van der Waals surface area (Å²) in [6.45, 7) is 1.19. The minimum atomic E-state index is -2.32. The first-order chi connectivity index (χ1) is 23.4. The van der Waals surface area contributed by atoms with E-state index in [0.29, 0.717) is 33.4 Å². The molecule has 4 heterocycles. The first-order valence-electron chi connectivity index (χ1n) is 17.5. The van der Waals surface area contributed by atoms with Crippen LogP contribution in [-0.4, -0.2) is 15.0 Å². The van der Waals surface area contributed by atoms with Crippen LogP contribution in [0.1, 0.15) is 48.6 Å². The van der Waals surface area contributed by atoms with Crippen molar-refractivity contribution >= 4 is 32.7 Å². The van der Waals surface area contributed by atoms with Gasteiger partial charge in [0.05, 0.1) is 5.58 Å². The molecule has 5 heteroatoms. The summed E-state index contributed by atoms with van der Waals surface area (Å²) < 4.78 is 68.5. The van der Waals surface area contributed by atoms with Gasteiger partial charge in [0.15, 0.2) is 0 Å². The summed E-state index contributed by atoms with van der Waals surface area (Å²) >= 11 is 0. The molecule has 0 aliphatic heterocycles. The quantitative estimate of drug-likeness (QED) is 0.169. The topological polar surface area (TPSA) is 51.8 Å². The summed E-state index contributed by atoms with van der Waals surface area (Å²) in [5.41, 5.74) is 4.11. The zero-order valence-electron chi connectivity index (χ0n) is 31.8. The maximum absolute atomic E-state index is 8.64. The van der Waals surface area contributed by atoms with Crippen molar-refractivity contribution in [2.24, 2.45) is 5.41 Å². The van der Waals surface area contributed by atoms with Crippen LogP contribution in [0, 0.1) is 31.3 Å². The second kappa shape index (κ2) is 12.6. The molecule has 0 bridgehead atoms. The molecule has 0 aliphatic rings. The molecule has 0 N–H and O–H groups in total. The number of hydrogen-bond donors (Lipinski definition) is 0. The first-order valence-corrected chi connectivity index (χ1v) is 13.5. The van der Waals surface area contributed by atoms with Gasteiger partial charge in [0.25, 0.3) is 0 Å². The summed E-state index contributed by atoms with van der Waals surface area (Å²) in [4.78, 5) is 12.7. The predicted octanol–water partition coefficient (Wildman–Crippen LogP) is 9.75. The van der Waals surface area contributed by atoms with Crippen LogP contribution < -0.4 is 0 Å². The number of benzene rings is 3. The minimum absolute atomic E-state index is 0. The zero-order valence-corrected chi connectivity index (χ0v) is 26.2. The van der Waals surface area contributed by atoms with Crippen LogP contribution >= 0.6 is 0 Å². The fourth-order valence-corrected chi connectivity index (χ4v) is 4.79. The molecule has 0 amide bonds. The Morgan fingerprint density at radius 1 is 0.791 bits per heavy atom. The molecule has 7 aromatic rings. The molecule has 0 atom stereocenters. The van der Waals surface area contributed by atoms with Crippen LogP contribution in [0.25, 0.3) is 55.2 Å². The van der Waals surface area contributed by atoms with E-state index in [9.17, 15) is 0 Å². The summed E-state index contributed by atoms with van der Waals surface area (Å²) in [7, 11) is 0. The van der Waals surface area contributed by atoms with E-state index in [0.717, 1.165) is 27.4 Å². The normalized spacial score (nSPS) is 15.0. The second-order valence-electron chi connectivity index (χ2n) is 10.9. The van der Waals surface area contributed by atoms with Gasteiger partial charge in [0.2, 0.25) is 0 Å². The van der Waals surface area contributed by atoms with Crippen molar-refractivity contribution in [2.75, 3.05) is 0 Å². The Balaban J connectivity index is 0.000000249. The van der Waals surface area contributed by atoms with E-state index in [-0.39, 0.29) is 31.4 Å². The molecule has 0 saturated carbocycles. The number of fused-ring (bicyclic) bond motifs is 5. The fraction of sp³-hybridized carbons (Fsp3) is 0.184. The molecule has 0 spiro atoms. The van der Waals surface area contributed by atoms with E-state index < -0.39 is 25.5 Å². The van der Waals surface area contributed by atoms with Gasteiger partial charge in [-0.25, -0.2) is 0 Å². The van der Waals surface area contributed by atoms with Gasteiger partial charge in [-0.05, 0) is 54.6 Å². The standard InChI is InChI=1S/C26H23N2O.C12H10N.Ir/c1-16-12-22-18(15-28-16)8-9-20-19-6-5-7-21(24(19)29-25(20)22)23-13-17(10-11-27-23)14-26(2,3)4;1-10-7-8-12(13-9-10)11-5-3-2-4-6-11;/h5-6,8-13,15H,14H2,1-4H3;2-5,7-9H,1H3;/q2*-1;/i1D3,14D2;1D3;. The van der Waals surface area contributed by atoms with Crippen molar-refractivity contribution in [3.8, 4) is 22.5 Å². The molecule has 7 rings (SSSR count). The molecule has 1 radical (unpaired) electrons. The first kappa shape index (κ1) is 21.5. The third-order valence-electron chi connectivity index (χ3n) is 6.58. The third-order valence-corrected chi connectivity index (χ3v) is 6.58. The molecule has 0 unspecified atom stereocenters. The second-order valence-corrected chi connectivity index (χ2v) is 10.9. The average Bonchev–Trinajstić information content (AvgIpc) is 3.47. The Morgan fingerprint density at radius 2 is 1.67 bits per heavy atom. The Labute approximate surface area is 277 Å². The van der Waals surface area contributed by atoms with Crippen LogP contribution in [0.2, 0.25) is 0 Å². The largest absolute Gasteiger partial charge is 0.500 e. The fourth-order valence-electron chi connectivity index (χ4n) is 4.79. The number of hydrogen-bond acceptors (Lipinski definition) is 4. The van der Waals surface area contributed by atoms with Crippen LogP contribution in [0.5, 0.6) is 0 Å². The number of pyridine rings is 3. The molecule has 43 heavy (non-hydrogen) atoms. The molecule has 0 saturated heterocycles. The molecule has 4 aromatic heterocycles. The zero-order chi connectivity index (χ0) is 36.1. The number of aromatic nitrogens is 3. The van der Waals surface area contributed by atoms with Crippen LogP contribution in [0.4, 0.5) is 0 Å². The maximum Gasteiger partial charge on any atom is 0.128 e. The molecule has 3 aromatic carbocycles. The van der Waals surface area contributed by atoms with Crippen LogP contribution in [-0.2, 0) is 26.5 Å². The molecule has 217 valence electrons. The Kier molecular flexibility index (Phi) is 6.29. The van der Waals surface area contributed by atoms with E-state index in [4.69, 9.17) is 15.4 Å². The number of nitrogens with zero attached hydrogens (tertiary/aromatic N) is 3. The molecular weight excluding hydrogens is 707 g/mol. The van der Waals surface area contributed by atoms with Gasteiger partial charge in [-0.2, -0.15) is 0 Å². The predicted molar refractivity (Wildman–Crippen MR) is 172 cm³/mol. The Hall–Kier alpha value is -4.18. The van der Waals surface area contributed by atoms with Crippen molar-refractivity contribution in [1.82, 2.24) is 15.0 Å². The van der Waals surface area contributed by atoms with Gasteiger partial charge in [-0.3, -0.25) is 4.98 Å². The molecule has 0 fully saturated rings. The monoisotopic (exact) mass is 748 g/mol. The Bertz CT molecular complexity index is 2310. The van der Waals surface area contributed by atoms with Crippen molar-refractivity contribution in [1.29, 1.82) is 0 Å². The van der Waals surface area contributed by atoms with Crippen LogP contribution in [0.3, 0.4) is 0 Å². The number of aryl methyl sites for hydroxylation is 2. The summed E-state index contributed by atoms with van der Waals surface area (Å²) in [6.07, 6.45) is 2.98. The van der Waals surface area contributed by atoms with Gasteiger partial charge in [-0.15, -0.1) is 54.1 Å².